The van der Waals surface area contributed by atoms with Crippen LogP contribution in [0.1, 0.15) is 50.7 Å². The standard InChI is InChI=1S/C16H25NO/c1-3-16(18)14-8-10-15(11-9-14)17(2)12-13-6-4-5-7-13/h8-11,13,16,18H,3-7,12H2,1-2H3. The fraction of sp³-hybridized carbons (Fsp3) is 0.625. The highest BCUT2D eigenvalue weighted by Crippen LogP contribution is 2.27. The van der Waals surface area contributed by atoms with Crippen molar-refractivity contribution in [2.45, 2.75) is 45.1 Å². The maximum atomic E-state index is 9.77. The molecular formula is C16H25NO. The van der Waals surface area contributed by atoms with Gasteiger partial charge in [-0.15, -0.1) is 0 Å². The fourth-order valence-electron chi connectivity index (χ4n) is 2.87. The second-order valence-corrected chi connectivity index (χ2v) is 5.55. The highest BCUT2D eigenvalue weighted by atomic mass is 16.3. The molecule has 1 fully saturated rings. The van der Waals surface area contributed by atoms with E-state index in [1.54, 1.807) is 0 Å². The van der Waals surface area contributed by atoms with E-state index in [-0.39, 0.29) is 6.10 Å². The highest BCUT2D eigenvalue weighted by Gasteiger charge is 2.17. The molecule has 2 nitrogen and oxygen atoms in total. The lowest BCUT2D eigenvalue weighted by Crippen LogP contribution is -2.23. The predicted molar refractivity (Wildman–Crippen MR) is 76.9 cm³/mol. The van der Waals surface area contributed by atoms with Crippen LogP contribution in [0.15, 0.2) is 24.3 Å². The minimum absolute atomic E-state index is 0.320. The zero-order valence-electron chi connectivity index (χ0n) is 11.6. The normalized spacial score (nSPS) is 17.9. The Bertz CT molecular complexity index is 354. The number of rotatable bonds is 5. The van der Waals surface area contributed by atoms with Gasteiger partial charge < -0.3 is 10.0 Å². The van der Waals surface area contributed by atoms with Crippen LogP contribution >= 0.6 is 0 Å². The molecule has 0 radical (unpaired) electrons. The summed E-state index contributed by atoms with van der Waals surface area (Å²) in [7, 11) is 2.17. The van der Waals surface area contributed by atoms with Crippen LogP contribution in [-0.2, 0) is 0 Å². The first-order valence-corrected chi connectivity index (χ1v) is 7.20. The van der Waals surface area contributed by atoms with Crippen molar-refractivity contribution in [1.29, 1.82) is 0 Å². The average Bonchev–Trinajstić information content (AvgIpc) is 2.91. The lowest BCUT2D eigenvalue weighted by Gasteiger charge is -2.23. The molecule has 1 saturated carbocycles. The molecule has 0 heterocycles. The molecule has 0 aliphatic heterocycles. The van der Waals surface area contributed by atoms with Crippen LogP contribution in [0.5, 0.6) is 0 Å². The van der Waals surface area contributed by atoms with Crippen molar-refractivity contribution in [3.05, 3.63) is 29.8 Å². The Morgan fingerprint density at radius 1 is 1.22 bits per heavy atom. The smallest absolute Gasteiger partial charge is 0.0787 e. The van der Waals surface area contributed by atoms with Gasteiger partial charge in [0.05, 0.1) is 6.10 Å². The molecule has 1 unspecified atom stereocenters. The Labute approximate surface area is 111 Å². The molecule has 1 aliphatic carbocycles. The largest absolute Gasteiger partial charge is 0.388 e. The summed E-state index contributed by atoms with van der Waals surface area (Å²) < 4.78 is 0. The van der Waals surface area contributed by atoms with Gasteiger partial charge in [-0.3, -0.25) is 0 Å². The van der Waals surface area contributed by atoms with E-state index in [9.17, 15) is 5.11 Å². The van der Waals surface area contributed by atoms with Gasteiger partial charge in [0.15, 0.2) is 0 Å². The van der Waals surface area contributed by atoms with Gasteiger partial charge in [0, 0.05) is 19.3 Å². The van der Waals surface area contributed by atoms with Gasteiger partial charge >= 0.3 is 0 Å². The third-order valence-corrected chi connectivity index (χ3v) is 4.11. The molecule has 1 aromatic rings. The van der Waals surface area contributed by atoms with Crippen LogP contribution < -0.4 is 4.90 Å². The van der Waals surface area contributed by atoms with Crippen LogP contribution in [0.25, 0.3) is 0 Å². The molecule has 2 heteroatoms. The summed E-state index contributed by atoms with van der Waals surface area (Å²) in [6.45, 7) is 3.17. The maximum Gasteiger partial charge on any atom is 0.0787 e. The van der Waals surface area contributed by atoms with Crippen LogP contribution in [-0.4, -0.2) is 18.7 Å². The first-order valence-electron chi connectivity index (χ1n) is 7.20. The summed E-state index contributed by atoms with van der Waals surface area (Å²) in [6.07, 6.45) is 6.03. The average molecular weight is 247 g/mol. The molecule has 0 amide bonds. The molecular weight excluding hydrogens is 222 g/mol. The van der Waals surface area contributed by atoms with Crippen LogP contribution in [0, 0.1) is 5.92 Å². The molecule has 0 spiro atoms. The molecule has 0 saturated heterocycles. The topological polar surface area (TPSA) is 23.5 Å². The summed E-state index contributed by atoms with van der Waals surface area (Å²) in [5.74, 6) is 0.871. The molecule has 1 aliphatic rings. The predicted octanol–water partition coefficient (Wildman–Crippen LogP) is 3.76. The summed E-state index contributed by atoms with van der Waals surface area (Å²) in [5, 5.41) is 9.77. The van der Waals surface area contributed by atoms with Crippen LogP contribution in [0.4, 0.5) is 5.69 Å². The number of benzene rings is 1. The SMILES string of the molecule is CCC(O)c1ccc(N(C)CC2CCCC2)cc1. The van der Waals surface area contributed by atoms with Crippen molar-refractivity contribution in [1.82, 2.24) is 0 Å². The second kappa shape index (κ2) is 6.24. The van der Waals surface area contributed by atoms with Crippen molar-refractivity contribution in [2.24, 2.45) is 5.92 Å². The van der Waals surface area contributed by atoms with Crippen molar-refractivity contribution in [3.8, 4) is 0 Å². The van der Waals surface area contributed by atoms with E-state index in [1.807, 2.05) is 6.92 Å². The van der Waals surface area contributed by atoms with Gasteiger partial charge in [-0.25, -0.2) is 0 Å². The molecule has 1 aromatic carbocycles. The van der Waals surface area contributed by atoms with Crippen molar-refractivity contribution in [2.75, 3.05) is 18.5 Å². The third-order valence-electron chi connectivity index (χ3n) is 4.11. The summed E-state index contributed by atoms with van der Waals surface area (Å²) in [6, 6.07) is 8.36. The Morgan fingerprint density at radius 2 is 1.83 bits per heavy atom. The van der Waals surface area contributed by atoms with E-state index in [4.69, 9.17) is 0 Å². The maximum absolute atomic E-state index is 9.77. The van der Waals surface area contributed by atoms with Gasteiger partial charge in [-0.1, -0.05) is 31.9 Å². The minimum atomic E-state index is -0.320. The van der Waals surface area contributed by atoms with Crippen molar-refractivity contribution >= 4 is 5.69 Å². The van der Waals surface area contributed by atoms with Crippen molar-refractivity contribution < 1.29 is 5.11 Å². The summed E-state index contributed by atoms with van der Waals surface area (Å²) in [5.41, 5.74) is 2.28. The van der Waals surface area contributed by atoms with Gasteiger partial charge in [0.1, 0.15) is 0 Å². The Kier molecular flexibility index (Phi) is 4.65. The third kappa shape index (κ3) is 3.26. The quantitative estimate of drug-likeness (QED) is 0.856. The lowest BCUT2D eigenvalue weighted by atomic mass is 10.1. The van der Waals surface area contributed by atoms with E-state index in [0.717, 1.165) is 24.4 Å². The molecule has 0 aromatic heterocycles. The van der Waals surface area contributed by atoms with E-state index in [0.29, 0.717) is 0 Å². The second-order valence-electron chi connectivity index (χ2n) is 5.55. The zero-order chi connectivity index (χ0) is 13.0. The summed E-state index contributed by atoms with van der Waals surface area (Å²) in [4.78, 5) is 2.35. The molecule has 1 atom stereocenters. The number of aliphatic hydroxyl groups is 1. The fourth-order valence-corrected chi connectivity index (χ4v) is 2.87. The zero-order valence-corrected chi connectivity index (χ0v) is 11.6. The molecule has 2 rings (SSSR count). The van der Waals surface area contributed by atoms with Gasteiger partial charge in [-0.2, -0.15) is 0 Å². The Hall–Kier alpha value is -1.02. The van der Waals surface area contributed by atoms with Crippen molar-refractivity contribution in [3.63, 3.8) is 0 Å². The van der Waals surface area contributed by atoms with Crippen LogP contribution in [0.3, 0.4) is 0 Å². The summed E-state index contributed by atoms with van der Waals surface area (Å²) >= 11 is 0. The minimum Gasteiger partial charge on any atom is -0.388 e. The number of aliphatic hydroxyl groups excluding tert-OH is 1. The first-order chi connectivity index (χ1) is 8.70. The number of hydrogen-bond acceptors (Lipinski definition) is 2. The van der Waals surface area contributed by atoms with E-state index in [2.05, 4.69) is 36.2 Å². The monoisotopic (exact) mass is 247 g/mol. The molecule has 18 heavy (non-hydrogen) atoms. The number of anilines is 1. The molecule has 1 N–H and O–H groups in total. The van der Waals surface area contributed by atoms with E-state index < -0.39 is 0 Å². The van der Waals surface area contributed by atoms with Crippen LogP contribution in [0.2, 0.25) is 0 Å². The molecule has 100 valence electrons. The van der Waals surface area contributed by atoms with Gasteiger partial charge in [-0.05, 0) is 42.9 Å². The lowest BCUT2D eigenvalue weighted by molar-refractivity contribution is 0.173. The number of hydrogen-bond donors (Lipinski definition) is 1. The Balaban J connectivity index is 1.95. The van der Waals surface area contributed by atoms with Gasteiger partial charge in [0.2, 0.25) is 0 Å². The van der Waals surface area contributed by atoms with Gasteiger partial charge in [0.25, 0.3) is 0 Å². The number of nitrogens with zero attached hydrogens (tertiary/aromatic N) is 1. The highest BCUT2D eigenvalue weighted by molar-refractivity contribution is 5.47. The first kappa shape index (κ1) is 13.4. The molecule has 0 bridgehead atoms. The Morgan fingerprint density at radius 3 is 2.39 bits per heavy atom. The van der Waals surface area contributed by atoms with E-state index in [1.165, 1.54) is 31.4 Å². The van der Waals surface area contributed by atoms with E-state index >= 15 is 0 Å².